The fourth-order valence-corrected chi connectivity index (χ4v) is 3.30. The highest BCUT2D eigenvalue weighted by molar-refractivity contribution is 5.98. The number of nitrogens with zero attached hydrogens (tertiary/aromatic N) is 1. The van der Waals surface area contributed by atoms with Gasteiger partial charge in [0.2, 0.25) is 5.91 Å². The van der Waals surface area contributed by atoms with Crippen LogP contribution in [0.15, 0.2) is 24.3 Å². The lowest BCUT2D eigenvalue weighted by Gasteiger charge is -2.47. The molecule has 0 aromatic heterocycles. The van der Waals surface area contributed by atoms with E-state index in [0.29, 0.717) is 5.91 Å². The minimum atomic E-state index is 0.0156. The Morgan fingerprint density at radius 2 is 1.78 bits per heavy atom. The van der Waals surface area contributed by atoms with E-state index in [1.54, 1.807) is 0 Å². The Balaban J connectivity index is 1.84. The third kappa shape index (κ3) is 1.75. The van der Waals surface area contributed by atoms with E-state index in [4.69, 9.17) is 0 Å². The molecule has 0 radical (unpaired) electrons. The number of aryl methyl sites for hydroxylation is 1. The second kappa shape index (κ2) is 4.42. The maximum atomic E-state index is 12.6. The lowest BCUT2D eigenvalue weighted by molar-refractivity contribution is -0.135. The van der Waals surface area contributed by atoms with E-state index < -0.39 is 0 Å². The van der Waals surface area contributed by atoms with E-state index >= 15 is 0 Å². The Bertz CT molecular complexity index is 445. The summed E-state index contributed by atoms with van der Waals surface area (Å²) in [5.41, 5.74) is 2.44. The van der Waals surface area contributed by atoms with Crippen molar-refractivity contribution in [1.82, 2.24) is 0 Å². The van der Waals surface area contributed by atoms with Crippen molar-refractivity contribution in [2.75, 3.05) is 11.4 Å². The standard InChI is InChI=1S/C16H21NO/c1-2-13-5-7-14(8-6-13)17-12-4-11-16(15(17)18)9-3-10-16/h5-8H,2-4,9-12H2,1H3. The summed E-state index contributed by atoms with van der Waals surface area (Å²) in [4.78, 5) is 14.6. The van der Waals surface area contributed by atoms with Gasteiger partial charge in [-0.05, 0) is 49.8 Å². The highest BCUT2D eigenvalue weighted by Gasteiger charge is 2.48. The van der Waals surface area contributed by atoms with Crippen LogP contribution in [0.1, 0.15) is 44.6 Å². The molecule has 2 heteroatoms. The number of benzene rings is 1. The zero-order valence-electron chi connectivity index (χ0n) is 11.1. The normalized spacial score (nSPS) is 22.1. The first-order chi connectivity index (χ1) is 8.75. The molecule has 1 saturated heterocycles. The first-order valence-corrected chi connectivity index (χ1v) is 7.16. The number of hydrogen-bond acceptors (Lipinski definition) is 1. The largest absolute Gasteiger partial charge is 0.312 e. The fraction of sp³-hybridized carbons (Fsp3) is 0.562. The van der Waals surface area contributed by atoms with Gasteiger partial charge in [0.15, 0.2) is 0 Å². The maximum Gasteiger partial charge on any atom is 0.233 e. The number of carbonyl (C=O) groups is 1. The predicted molar refractivity (Wildman–Crippen MR) is 73.7 cm³/mol. The molecule has 0 N–H and O–H groups in total. The van der Waals surface area contributed by atoms with E-state index in [1.165, 1.54) is 12.0 Å². The van der Waals surface area contributed by atoms with Gasteiger partial charge >= 0.3 is 0 Å². The first-order valence-electron chi connectivity index (χ1n) is 7.16. The Hall–Kier alpha value is -1.31. The van der Waals surface area contributed by atoms with Crippen LogP contribution in [0, 0.1) is 5.41 Å². The SMILES string of the molecule is CCc1ccc(N2CCCC3(CCC3)C2=O)cc1. The lowest BCUT2D eigenvalue weighted by Crippen LogP contribution is -2.52. The minimum absolute atomic E-state index is 0.0156. The number of anilines is 1. The number of amides is 1. The van der Waals surface area contributed by atoms with Gasteiger partial charge in [0.05, 0.1) is 0 Å². The van der Waals surface area contributed by atoms with Crippen LogP contribution in [0.25, 0.3) is 0 Å². The summed E-state index contributed by atoms with van der Waals surface area (Å²) < 4.78 is 0. The molecular formula is C16H21NO. The van der Waals surface area contributed by atoms with Crippen LogP contribution in [-0.4, -0.2) is 12.5 Å². The van der Waals surface area contributed by atoms with Gasteiger partial charge in [-0.1, -0.05) is 25.5 Å². The first kappa shape index (κ1) is 11.8. The molecule has 3 rings (SSSR count). The molecule has 0 bridgehead atoms. The van der Waals surface area contributed by atoms with Crippen molar-refractivity contribution in [1.29, 1.82) is 0 Å². The van der Waals surface area contributed by atoms with Crippen molar-refractivity contribution in [3.63, 3.8) is 0 Å². The Kier molecular flexibility index (Phi) is 2.89. The molecule has 0 atom stereocenters. The van der Waals surface area contributed by atoms with Gasteiger partial charge in [-0.2, -0.15) is 0 Å². The smallest absolute Gasteiger partial charge is 0.233 e. The molecule has 0 unspecified atom stereocenters. The molecule has 18 heavy (non-hydrogen) atoms. The van der Waals surface area contributed by atoms with Crippen LogP contribution in [0.3, 0.4) is 0 Å². The molecule has 1 heterocycles. The number of hydrogen-bond donors (Lipinski definition) is 0. The molecule has 1 spiro atoms. The zero-order valence-corrected chi connectivity index (χ0v) is 11.1. The van der Waals surface area contributed by atoms with Gasteiger partial charge in [0, 0.05) is 17.6 Å². The molecule has 2 nitrogen and oxygen atoms in total. The van der Waals surface area contributed by atoms with Crippen molar-refractivity contribution in [2.24, 2.45) is 5.41 Å². The molecule has 2 fully saturated rings. The van der Waals surface area contributed by atoms with E-state index in [-0.39, 0.29) is 5.41 Å². The summed E-state index contributed by atoms with van der Waals surface area (Å²) in [6, 6.07) is 8.50. The zero-order chi connectivity index (χ0) is 12.6. The summed E-state index contributed by atoms with van der Waals surface area (Å²) in [6.45, 7) is 3.05. The summed E-state index contributed by atoms with van der Waals surface area (Å²) in [7, 11) is 0. The molecule has 96 valence electrons. The Labute approximate surface area is 109 Å². The van der Waals surface area contributed by atoms with Crippen molar-refractivity contribution in [3.05, 3.63) is 29.8 Å². The van der Waals surface area contributed by atoms with Gasteiger partial charge in [-0.25, -0.2) is 0 Å². The number of carbonyl (C=O) groups excluding carboxylic acids is 1. The lowest BCUT2D eigenvalue weighted by atomic mass is 9.63. The molecular weight excluding hydrogens is 222 g/mol. The molecule has 1 saturated carbocycles. The minimum Gasteiger partial charge on any atom is -0.312 e. The third-order valence-electron chi connectivity index (χ3n) is 4.70. The van der Waals surface area contributed by atoms with Crippen LogP contribution in [0.4, 0.5) is 5.69 Å². The second-order valence-electron chi connectivity index (χ2n) is 5.71. The van der Waals surface area contributed by atoms with Crippen LogP contribution < -0.4 is 4.90 Å². The van der Waals surface area contributed by atoms with E-state index in [1.807, 2.05) is 4.90 Å². The van der Waals surface area contributed by atoms with Gasteiger partial charge < -0.3 is 4.90 Å². The van der Waals surface area contributed by atoms with Gasteiger partial charge in [0.1, 0.15) is 0 Å². The van der Waals surface area contributed by atoms with Crippen LogP contribution in [0.2, 0.25) is 0 Å². The number of rotatable bonds is 2. The molecule has 1 aromatic carbocycles. The average molecular weight is 243 g/mol. The Morgan fingerprint density at radius 1 is 1.11 bits per heavy atom. The summed E-state index contributed by atoms with van der Waals surface area (Å²) in [5.74, 6) is 0.379. The quantitative estimate of drug-likeness (QED) is 0.778. The van der Waals surface area contributed by atoms with Crippen molar-refractivity contribution in [3.8, 4) is 0 Å². The van der Waals surface area contributed by atoms with Crippen LogP contribution >= 0.6 is 0 Å². The summed E-state index contributed by atoms with van der Waals surface area (Å²) in [6.07, 6.45) is 6.76. The molecule has 2 aliphatic rings. The summed E-state index contributed by atoms with van der Waals surface area (Å²) >= 11 is 0. The van der Waals surface area contributed by atoms with E-state index in [2.05, 4.69) is 31.2 Å². The van der Waals surface area contributed by atoms with E-state index in [9.17, 15) is 4.79 Å². The molecule has 1 aromatic rings. The Morgan fingerprint density at radius 3 is 2.33 bits per heavy atom. The maximum absolute atomic E-state index is 12.6. The average Bonchev–Trinajstić information content (AvgIpc) is 2.37. The van der Waals surface area contributed by atoms with Gasteiger partial charge in [0.25, 0.3) is 0 Å². The summed E-state index contributed by atoms with van der Waals surface area (Å²) in [5, 5.41) is 0. The number of piperidine rings is 1. The van der Waals surface area contributed by atoms with Gasteiger partial charge in [-0.15, -0.1) is 0 Å². The fourth-order valence-electron chi connectivity index (χ4n) is 3.30. The van der Waals surface area contributed by atoms with E-state index in [0.717, 1.165) is 44.3 Å². The monoisotopic (exact) mass is 243 g/mol. The van der Waals surface area contributed by atoms with Crippen LogP contribution in [0.5, 0.6) is 0 Å². The molecule has 1 aliphatic heterocycles. The molecule has 1 amide bonds. The highest BCUT2D eigenvalue weighted by Crippen LogP contribution is 2.49. The van der Waals surface area contributed by atoms with Gasteiger partial charge in [-0.3, -0.25) is 4.79 Å². The predicted octanol–water partition coefficient (Wildman–Crippen LogP) is 3.55. The highest BCUT2D eigenvalue weighted by atomic mass is 16.2. The third-order valence-corrected chi connectivity index (χ3v) is 4.70. The van der Waals surface area contributed by atoms with Crippen molar-refractivity contribution < 1.29 is 4.79 Å². The second-order valence-corrected chi connectivity index (χ2v) is 5.71. The van der Waals surface area contributed by atoms with Crippen molar-refractivity contribution in [2.45, 2.75) is 45.4 Å². The van der Waals surface area contributed by atoms with Crippen molar-refractivity contribution >= 4 is 11.6 Å². The topological polar surface area (TPSA) is 20.3 Å². The molecule has 1 aliphatic carbocycles. The van der Waals surface area contributed by atoms with Crippen LogP contribution in [-0.2, 0) is 11.2 Å².